The standard InChI is InChI=1S/C21H33NO5S/c1-6-8-11-26-20-14-17(3)21(18(4)15-20)27-12-9-10-13-28(23,24)16-19(7-2)22-25-5/h6,8,14-15H,7,9-13,16H2,1-5H3/b8-6+,22-19+. The van der Waals surface area contributed by atoms with E-state index in [0.29, 0.717) is 38.2 Å². The lowest BCUT2D eigenvalue weighted by atomic mass is 10.1. The molecule has 0 fully saturated rings. The van der Waals surface area contributed by atoms with Gasteiger partial charge >= 0.3 is 0 Å². The van der Waals surface area contributed by atoms with Crippen LogP contribution in [-0.4, -0.2) is 46.0 Å². The summed E-state index contributed by atoms with van der Waals surface area (Å²) >= 11 is 0. The molecule has 0 amide bonds. The Hall–Kier alpha value is -2.02. The molecule has 7 heteroatoms. The van der Waals surface area contributed by atoms with E-state index in [-0.39, 0.29) is 11.5 Å². The van der Waals surface area contributed by atoms with E-state index in [4.69, 9.17) is 9.47 Å². The molecular formula is C21H33NO5S. The Labute approximate surface area is 169 Å². The van der Waals surface area contributed by atoms with E-state index in [9.17, 15) is 8.42 Å². The Morgan fingerprint density at radius 3 is 2.39 bits per heavy atom. The molecule has 0 atom stereocenters. The van der Waals surface area contributed by atoms with Crippen LogP contribution in [0.25, 0.3) is 0 Å². The quantitative estimate of drug-likeness (QED) is 0.210. The van der Waals surface area contributed by atoms with Crippen molar-refractivity contribution < 1.29 is 22.7 Å². The van der Waals surface area contributed by atoms with Crippen molar-refractivity contribution in [1.82, 2.24) is 0 Å². The second-order valence-corrected chi connectivity index (χ2v) is 8.79. The van der Waals surface area contributed by atoms with Gasteiger partial charge in [-0.15, -0.1) is 0 Å². The van der Waals surface area contributed by atoms with Crippen molar-refractivity contribution >= 4 is 15.5 Å². The summed E-state index contributed by atoms with van der Waals surface area (Å²) in [6.07, 6.45) is 5.68. The van der Waals surface area contributed by atoms with Crippen LogP contribution in [0.4, 0.5) is 0 Å². The first-order chi connectivity index (χ1) is 13.3. The van der Waals surface area contributed by atoms with E-state index < -0.39 is 9.84 Å². The lowest BCUT2D eigenvalue weighted by Crippen LogP contribution is -2.19. The first-order valence-corrected chi connectivity index (χ1v) is 11.4. The summed E-state index contributed by atoms with van der Waals surface area (Å²) in [5, 5.41) is 3.76. The first kappa shape index (κ1) is 24.0. The van der Waals surface area contributed by atoms with E-state index in [1.165, 1.54) is 7.11 Å². The van der Waals surface area contributed by atoms with Gasteiger partial charge in [0.25, 0.3) is 0 Å². The zero-order valence-corrected chi connectivity index (χ0v) is 18.5. The minimum Gasteiger partial charge on any atom is -0.493 e. The highest BCUT2D eigenvalue weighted by molar-refractivity contribution is 7.92. The smallest absolute Gasteiger partial charge is 0.155 e. The Morgan fingerprint density at radius 2 is 1.82 bits per heavy atom. The zero-order chi connectivity index (χ0) is 21.0. The van der Waals surface area contributed by atoms with E-state index in [2.05, 4.69) is 9.99 Å². The van der Waals surface area contributed by atoms with Crippen LogP contribution in [-0.2, 0) is 14.7 Å². The largest absolute Gasteiger partial charge is 0.493 e. The average Bonchev–Trinajstić information content (AvgIpc) is 2.63. The van der Waals surface area contributed by atoms with Gasteiger partial charge in [0.1, 0.15) is 25.2 Å². The Kier molecular flexibility index (Phi) is 10.7. The topological polar surface area (TPSA) is 74.2 Å². The normalized spacial score (nSPS) is 12.4. The van der Waals surface area contributed by atoms with Gasteiger partial charge in [-0.3, -0.25) is 0 Å². The van der Waals surface area contributed by atoms with Gasteiger partial charge in [-0.25, -0.2) is 8.42 Å². The van der Waals surface area contributed by atoms with Crippen LogP contribution in [0.15, 0.2) is 29.4 Å². The zero-order valence-electron chi connectivity index (χ0n) is 17.7. The fourth-order valence-electron chi connectivity index (χ4n) is 2.71. The number of rotatable bonds is 13. The Bertz CT molecular complexity index is 746. The molecule has 0 unspecified atom stereocenters. The van der Waals surface area contributed by atoms with Gasteiger partial charge in [0.05, 0.1) is 23.8 Å². The number of oxime groups is 1. The van der Waals surface area contributed by atoms with Crippen molar-refractivity contribution in [2.75, 3.05) is 31.8 Å². The summed E-state index contributed by atoms with van der Waals surface area (Å²) in [5.74, 6) is 1.72. The second kappa shape index (κ2) is 12.4. The molecule has 0 radical (unpaired) electrons. The van der Waals surface area contributed by atoms with Crippen molar-refractivity contribution in [2.24, 2.45) is 5.16 Å². The molecule has 0 saturated carbocycles. The van der Waals surface area contributed by atoms with E-state index >= 15 is 0 Å². The highest BCUT2D eigenvalue weighted by Gasteiger charge is 2.14. The summed E-state index contributed by atoms with van der Waals surface area (Å²) in [6, 6.07) is 3.91. The van der Waals surface area contributed by atoms with Crippen LogP contribution in [0.5, 0.6) is 11.5 Å². The Balaban J connectivity index is 2.48. The van der Waals surface area contributed by atoms with Gasteiger partial charge < -0.3 is 14.3 Å². The molecule has 0 saturated heterocycles. The molecular weight excluding hydrogens is 378 g/mol. The average molecular weight is 412 g/mol. The van der Waals surface area contributed by atoms with Gasteiger partial charge in [-0.2, -0.15) is 0 Å². The number of allylic oxidation sites excluding steroid dienone is 1. The number of hydrogen-bond acceptors (Lipinski definition) is 6. The van der Waals surface area contributed by atoms with Crippen LogP contribution in [0.2, 0.25) is 0 Å². The van der Waals surface area contributed by atoms with Crippen LogP contribution in [0.1, 0.15) is 44.2 Å². The molecule has 1 rings (SSSR count). The van der Waals surface area contributed by atoms with Crippen LogP contribution >= 0.6 is 0 Å². The number of ether oxygens (including phenoxy) is 2. The number of benzene rings is 1. The van der Waals surface area contributed by atoms with Gasteiger partial charge in [0.15, 0.2) is 9.84 Å². The molecule has 0 spiro atoms. The van der Waals surface area contributed by atoms with Crippen LogP contribution in [0.3, 0.4) is 0 Å². The van der Waals surface area contributed by atoms with Crippen molar-refractivity contribution in [3.8, 4) is 11.5 Å². The van der Waals surface area contributed by atoms with E-state index in [1.54, 1.807) is 0 Å². The molecule has 1 aromatic carbocycles. The van der Waals surface area contributed by atoms with Crippen molar-refractivity contribution in [2.45, 2.75) is 47.0 Å². The fourth-order valence-corrected chi connectivity index (χ4v) is 4.26. The molecule has 6 nitrogen and oxygen atoms in total. The maximum absolute atomic E-state index is 12.2. The van der Waals surface area contributed by atoms with Gasteiger partial charge in [-0.1, -0.05) is 24.2 Å². The molecule has 28 heavy (non-hydrogen) atoms. The van der Waals surface area contributed by atoms with Gasteiger partial charge in [-0.05, 0) is 63.3 Å². The molecule has 0 aromatic heterocycles. The maximum atomic E-state index is 12.2. The number of nitrogens with zero attached hydrogens (tertiary/aromatic N) is 1. The third-order valence-corrected chi connectivity index (χ3v) is 5.81. The fraction of sp³-hybridized carbons (Fsp3) is 0.571. The molecule has 0 N–H and O–H groups in total. The number of unbranched alkanes of at least 4 members (excludes halogenated alkanes) is 1. The molecule has 158 valence electrons. The third kappa shape index (κ3) is 8.78. The number of hydrogen-bond donors (Lipinski definition) is 0. The molecule has 0 aliphatic carbocycles. The Morgan fingerprint density at radius 1 is 1.14 bits per heavy atom. The number of aryl methyl sites for hydroxylation is 2. The molecule has 1 aromatic rings. The SMILES string of the molecule is C/C=C/COc1cc(C)c(OCCCCS(=O)(=O)C/C(CC)=N/OC)c(C)c1. The summed E-state index contributed by atoms with van der Waals surface area (Å²) in [5.41, 5.74) is 2.56. The highest BCUT2D eigenvalue weighted by Crippen LogP contribution is 2.28. The van der Waals surface area contributed by atoms with Crippen molar-refractivity contribution in [3.63, 3.8) is 0 Å². The predicted octanol–water partition coefficient (Wildman–Crippen LogP) is 4.24. The van der Waals surface area contributed by atoms with E-state index in [0.717, 1.165) is 22.6 Å². The van der Waals surface area contributed by atoms with Crippen molar-refractivity contribution in [3.05, 3.63) is 35.4 Å². The van der Waals surface area contributed by atoms with Crippen LogP contribution in [0, 0.1) is 13.8 Å². The summed E-state index contributed by atoms with van der Waals surface area (Å²) < 4.78 is 35.9. The monoisotopic (exact) mass is 411 g/mol. The second-order valence-electron chi connectivity index (χ2n) is 6.61. The predicted molar refractivity (Wildman–Crippen MR) is 114 cm³/mol. The summed E-state index contributed by atoms with van der Waals surface area (Å²) in [6.45, 7) is 8.80. The van der Waals surface area contributed by atoms with Crippen LogP contribution < -0.4 is 9.47 Å². The molecule has 0 bridgehead atoms. The van der Waals surface area contributed by atoms with Crippen molar-refractivity contribution in [1.29, 1.82) is 0 Å². The lowest BCUT2D eigenvalue weighted by molar-refractivity contribution is 0.212. The molecule has 0 heterocycles. The third-order valence-electron chi connectivity index (χ3n) is 4.13. The number of sulfone groups is 1. The molecule has 0 aliphatic rings. The summed E-state index contributed by atoms with van der Waals surface area (Å²) in [7, 11) is -1.76. The molecule has 0 aliphatic heterocycles. The minimum atomic E-state index is -3.18. The maximum Gasteiger partial charge on any atom is 0.155 e. The first-order valence-electron chi connectivity index (χ1n) is 9.60. The minimum absolute atomic E-state index is 0.0505. The summed E-state index contributed by atoms with van der Waals surface area (Å²) in [4.78, 5) is 4.68. The van der Waals surface area contributed by atoms with E-state index in [1.807, 2.05) is 52.0 Å². The van der Waals surface area contributed by atoms with Gasteiger partial charge in [0, 0.05) is 0 Å². The van der Waals surface area contributed by atoms with Gasteiger partial charge in [0.2, 0.25) is 0 Å². The highest BCUT2D eigenvalue weighted by atomic mass is 32.2. The lowest BCUT2D eigenvalue weighted by Gasteiger charge is -2.14.